The molecule has 8 nitrogen and oxygen atoms in total. The third-order valence-corrected chi connectivity index (χ3v) is 5.36. The monoisotopic (exact) mass is 362 g/mol. The summed E-state index contributed by atoms with van der Waals surface area (Å²) in [6.07, 6.45) is 1.41. The number of methoxy groups -OCH3 is 1. The van der Waals surface area contributed by atoms with E-state index in [1.807, 2.05) is 13.8 Å². The second-order valence-electron chi connectivity index (χ2n) is 6.52. The van der Waals surface area contributed by atoms with Crippen LogP contribution in [0.3, 0.4) is 0 Å². The van der Waals surface area contributed by atoms with Crippen LogP contribution in [0.5, 0.6) is 5.75 Å². The largest absolute Gasteiger partial charge is 0.499 e. The van der Waals surface area contributed by atoms with Gasteiger partial charge >= 0.3 is 0 Å². The van der Waals surface area contributed by atoms with E-state index in [2.05, 4.69) is 0 Å². The molecule has 0 aliphatic carbocycles. The molecule has 0 aromatic heterocycles. The Bertz CT molecular complexity index is 771. The van der Waals surface area contributed by atoms with Crippen molar-refractivity contribution in [3.8, 4) is 5.75 Å². The lowest BCUT2D eigenvalue weighted by Gasteiger charge is -2.48. The summed E-state index contributed by atoms with van der Waals surface area (Å²) in [7, 11) is 1.48. The van der Waals surface area contributed by atoms with Gasteiger partial charge < -0.3 is 19.5 Å². The SMILES string of the molecule is CCC1(CC)Oc2ccc([N+](=O)[O-])cc2[C@H](N2CC(OC)=CC2=O)[C@H]1O. The first-order valence-corrected chi connectivity index (χ1v) is 8.57. The van der Waals surface area contributed by atoms with Gasteiger partial charge in [0, 0.05) is 23.8 Å². The van der Waals surface area contributed by atoms with E-state index in [0.717, 1.165) is 0 Å². The van der Waals surface area contributed by atoms with Gasteiger partial charge in [-0.1, -0.05) is 13.8 Å². The lowest BCUT2D eigenvalue weighted by Crippen LogP contribution is -2.56. The van der Waals surface area contributed by atoms with Gasteiger partial charge in [0.05, 0.1) is 24.6 Å². The third-order valence-electron chi connectivity index (χ3n) is 5.36. The first-order chi connectivity index (χ1) is 12.4. The number of nitro benzene ring substituents is 1. The summed E-state index contributed by atoms with van der Waals surface area (Å²) < 4.78 is 11.3. The van der Waals surface area contributed by atoms with Crippen molar-refractivity contribution in [3.05, 3.63) is 45.7 Å². The Morgan fingerprint density at radius 2 is 2.12 bits per heavy atom. The lowest BCUT2D eigenvalue weighted by atomic mass is 9.80. The quantitative estimate of drug-likeness (QED) is 0.637. The van der Waals surface area contributed by atoms with Crippen molar-refractivity contribution < 1.29 is 24.3 Å². The molecule has 2 heterocycles. The lowest BCUT2D eigenvalue weighted by molar-refractivity contribution is -0.385. The van der Waals surface area contributed by atoms with Crippen LogP contribution in [0.25, 0.3) is 0 Å². The fourth-order valence-corrected chi connectivity index (χ4v) is 3.73. The van der Waals surface area contributed by atoms with Crippen LogP contribution in [0.4, 0.5) is 5.69 Å². The van der Waals surface area contributed by atoms with Crippen LogP contribution in [0, 0.1) is 10.1 Å². The number of hydrogen-bond acceptors (Lipinski definition) is 6. The number of nitrogens with zero attached hydrogens (tertiary/aromatic N) is 2. The van der Waals surface area contributed by atoms with Crippen molar-refractivity contribution in [1.82, 2.24) is 4.90 Å². The number of non-ortho nitro benzene ring substituents is 1. The van der Waals surface area contributed by atoms with Gasteiger partial charge in [-0.2, -0.15) is 0 Å². The Hall–Kier alpha value is -2.61. The van der Waals surface area contributed by atoms with E-state index in [-0.39, 0.29) is 18.1 Å². The Morgan fingerprint density at radius 1 is 1.42 bits per heavy atom. The number of fused-ring (bicyclic) bond motifs is 1. The van der Waals surface area contributed by atoms with Crippen molar-refractivity contribution in [1.29, 1.82) is 0 Å². The number of benzene rings is 1. The molecular formula is C18H22N2O6. The van der Waals surface area contributed by atoms with Crippen LogP contribution >= 0.6 is 0 Å². The molecule has 26 heavy (non-hydrogen) atoms. The van der Waals surface area contributed by atoms with E-state index in [1.165, 1.54) is 36.3 Å². The number of hydrogen-bond donors (Lipinski definition) is 1. The topological polar surface area (TPSA) is 102 Å². The molecule has 3 rings (SSSR count). The number of carbonyl (C=O) groups is 1. The molecule has 1 aromatic carbocycles. The highest BCUT2D eigenvalue weighted by molar-refractivity contribution is 5.91. The molecular weight excluding hydrogens is 340 g/mol. The molecule has 140 valence electrons. The summed E-state index contributed by atoms with van der Waals surface area (Å²) in [6.45, 7) is 4.01. The maximum Gasteiger partial charge on any atom is 0.270 e. The van der Waals surface area contributed by atoms with Gasteiger partial charge in [0.15, 0.2) is 0 Å². The Kier molecular flexibility index (Phi) is 4.62. The van der Waals surface area contributed by atoms with Crippen LogP contribution in [-0.4, -0.2) is 46.2 Å². The van der Waals surface area contributed by atoms with E-state index in [1.54, 1.807) is 0 Å². The molecule has 0 spiro atoms. The molecule has 1 N–H and O–H groups in total. The van der Waals surface area contributed by atoms with Gasteiger partial charge in [-0.3, -0.25) is 14.9 Å². The van der Waals surface area contributed by atoms with Crippen molar-refractivity contribution in [2.45, 2.75) is 44.4 Å². The molecule has 0 radical (unpaired) electrons. The van der Waals surface area contributed by atoms with Gasteiger partial charge in [0.2, 0.25) is 0 Å². The summed E-state index contributed by atoms with van der Waals surface area (Å²) >= 11 is 0. The Labute approximate surface area is 151 Å². The van der Waals surface area contributed by atoms with E-state index in [9.17, 15) is 20.0 Å². The average molecular weight is 362 g/mol. The third kappa shape index (κ3) is 2.70. The fraction of sp³-hybridized carbons (Fsp3) is 0.500. The molecule has 1 amide bonds. The van der Waals surface area contributed by atoms with Crippen molar-refractivity contribution in [2.24, 2.45) is 0 Å². The van der Waals surface area contributed by atoms with Crippen LogP contribution in [-0.2, 0) is 9.53 Å². The molecule has 0 fully saturated rings. The molecule has 2 aliphatic rings. The van der Waals surface area contributed by atoms with Crippen molar-refractivity contribution in [2.75, 3.05) is 13.7 Å². The summed E-state index contributed by atoms with van der Waals surface area (Å²) in [5, 5.41) is 22.3. The minimum Gasteiger partial charge on any atom is -0.499 e. The normalized spacial score (nSPS) is 23.9. The maximum absolute atomic E-state index is 12.5. The second-order valence-corrected chi connectivity index (χ2v) is 6.52. The van der Waals surface area contributed by atoms with Gasteiger partial charge in [0.1, 0.15) is 23.2 Å². The number of aliphatic hydroxyl groups is 1. The smallest absolute Gasteiger partial charge is 0.270 e. The predicted octanol–water partition coefficient (Wildman–Crippen LogP) is 2.32. The van der Waals surface area contributed by atoms with Gasteiger partial charge in [-0.05, 0) is 18.9 Å². The van der Waals surface area contributed by atoms with Crippen molar-refractivity contribution >= 4 is 11.6 Å². The molecule has 2 atom stereocenters. The maximum atomic E-state index is 12.5. The van der Waals surface area contributed by atoms with Gasteiger partial charge in [-0.25, -0.2) is 0 Å². The van der Waals surface area contributed by atoms with Crippen molar-refractivity contribution in [3.63, 3.8) is 0 Å². The molecule has 0 unspecified atom stereocenters. The number of aliphatic hydroxyl groups excluding tert-OH is 1. The number of rotatable bonds is 5. The summed E-state index contributed by atoms with van der Waals surface area (Å²) in [5.74, 6) is 0.638. The summed E-state index contributed by atoms with van der Waals surface area (Å²) in [4.78, 5) is 24.7. The predicted molar refractivity (Wildman–Crippen MR) is 92.6 cm³/mol. The first-order valence-electron chi connectivity index (χ1n) is 8.57. The van der Waals surface area contributed by atoms with E-state index in [0.29, 0.717) is 29.9 Å². The summed E-state index contributed by atoms with van der Waals surface area (Å²) in [6, 6.07) is 3.53. The van der Waals surface area contributed by atoms with Crippen LogP contribution in [0.2, 0.25) is 0 Å². The number of nitro groups is 1. The molecule has 0 saturated carbocycles. The number of carbonyl (C=O) groups excluding carboxylic acids is 1. The molecule has 1 aromatic rings. The molecule has 2 aliphatic heterocycles. The van der Waals surface area contributed by atoms with Crippen LogP contribution in [0.15, 0.2) is 30.0 Å². The van der Waals surface area contributed by atoms with Crippen LogP contribution < -0.4 is 4.74 Å². The number of amides is 1. The Balaban J connectivity index is 2.12. The molecule has 0 bridgehead atoms. The first kappa shape index (κ1) is 18.2. The van der Waals surface area contributed by atoms with Gasteiger partial charge in [0.25, 0.3) is 11.6 Å². The standard InChI is InChI=1S/C18H22N2O6/c1-4-18(5-2)17(22)16(19-10-12(25-3)9-15(19)21)13-8-11(20(23)24)6-7-14(13)26-18/h6-9,16-17,22H,4-5,10H2,1-3H3/t16-,17+/m0/s1. The minimum absolute atomic E-state index is 0.114. The van der Waals surface area contributed by atoms with Crippen LogP contribution in [0.1, 0.15) is 38.3 Å². The average Bonchev–Trinajstić information content (AvgIpc) is 3.01. The van der Waals surface area contributed by atoms with E-state index >= 15 is 0 Å². The zero-order valence-electron chi connectivity index (χ0n) is 15.0. The Morgan fingerprint density at radius 3 is 2.65 bits per heavy atom. The van der Waals surface area contributed by atoms with E-state index in [4.69, 9.17) is 9.47 Å². The van der Waals surface area contributed by atoms with E-state index < -0.39 is 22.7 Å². The molecule has 8 heteroatoms. The summed E-state index contributed by atoms with van der Waals surface area (Å²) in [5.41, 5.74) is -0.552. The minimum atomic E-state index is -1.03. The molecule has 0 saturated heterocycles. The highest BCUT2D eigenvalue weighted by atomic mass is 16.6. The zero-order chi connectivity index (χ0) is 19.1. The highest BCUT2D eigenvalue weighted by Crippen LogP contribution is 2.47. The van der Waals surface area contributed by atoms with Gasteiger partial charge in [-0.15, -0.1) is 0 Å². The fourth-order valence-electron chi connectivity index (χ4n) is 3.73. The number of ether oxygens (including phenoxy) is 2. The second kappa shape index (κ2) is 6.60. The highest BCUT2D eigenvalue weighted by Gasteiger charge is 2.51. The zero-order valence-corrected chi connectivity index (χ0v) is 15.0.